The van der Waals surface area contributed by atoms with Crippen LogP contribution < -0.4 is 5.32 Å². The van der Waals surface area contributed by atoms with E-state index in [1.54, 1.807) is 18.5 Å². The predicted molar refractivity (Wildman–Crippen MR) is 80.9 cm³/mol. The van der Waals surface area contributed by atoms with Gasteiger partial charge in [-0.05, 0) is 31.8 Å². The first-order valence-corrected chi connectivity index (χ1v) is 8.78. The van der Waals surface area contributed by atoms with Crippen LogP contribution in [0.1, 0.15) is 26.7 Å². The molecular formula is C13H29N3O3S. The number of nitrogens with one attached hydrogen (secondary N) is 1. The standard InChI is InChI=1S/C13H29N3O3S/c1-5-14-8-6-9-15(3)20(17,18)16-10-7-12(2)13(11-16)19-4/h12-14H,5-11H2,1-4H3. The molecule has 1 rings (SSSR count). The molecule has 0 aromatic heterocycles. The van der Waals surface area contributed by atoms with Gasteiger partial charge in [-0.15, -0.1) is 0 Å². The highest BCUT2D eigenvalue weighted by Crippen LogP contribution is 2.22. The summed E-state index contributed by atoms with van der Waals surface area (Å²) in [6.45, 7) is 7.49. The molecule has 0 saturated carbocycles. The van der Waals surface area contributed by atoms with Gasteiger partial charge < -0.3 is 10.1 Å². The van der Waals surface area contributed by atoms with Crippen LogP contribution >= 0.6 is 0 Å². The third kappa shape index (κ3) is 4.66. The van der Waals surface area contributed by atoms with Crippen molar-refractivity contribution in [1.29, 1.82) is 0 Å². The monoisotopic (exact) mass is 307 g/mol. The molecule has 6 nitrogen and oxygen atoms in total. The van der Waals surface area contributed by atoms with E-state index < -0.39 is 10.2 Å². The Balaban J connectivity index is 2.54. The van der Waals surface area contributed by atoms with Crippen molar-refractivity contribution in [2.45, 2.75) is 32.8 Å². The molecular weight excluding hydrogens is 278 g/mol. The number of ether oxygens (including phenoxy) is 1. The zero-order valence-corrected chi connectivity index (χ0v) is 13.9. The number of hydrogen-bond acceptors (Lipinski definition) is 4. The molecule has 2 atom stereocenters. The molecule has 120 valence electrons. The summed E-state index contributed by atoms with van der Waals surface area (Å²) < 4.78 is 33.4. The second kappa shape index (κ2) is 8.29. The fourth-order valence-corrected chi connectivity index (χ4v) is 3.86. The lowest BCUT2D eigenvalue weighted by molar-refractivity contribution is 0.0170. The predicted octanol–water partition coefficient (Wildman–Crippen LogP) is 0.519. The topological polar surface area (TPSA) is 61.9 Å². The summed E-state index contributed by atoms with van der Waals surface area (Å²) in [5.41, 5.74) is 0. The summed E-state index contributed by atoms with van der Waals surface area (Å²) in [7, 11) is -0.0527. The highest BCUT2D eigenvalue weighted by atomic mass is 32.2. The molecule has 0 aromatic carbocycles. The van der Waals surface area contributed by atoms with Crippen LogP contribution in [0.25, 0.3) is 0 Å². The fourth-order valence-electron chi connectivity index (χ4n) is 2.44. The van der Waals surface area contributed by atoms with Gasteiger partial charge in [-0.1, -0.05) is 13.8 Å². The van der Waals surface area contributed by atoms with Gasteiger partial charge in [0.1, 0.15) is 0 Å². The van der Waals surface area contributed by atoms with Crippen molar-refractivity contribution in [2.75, 3.05) is 46.9 Å². The Labute approximate surface area is 123 Å². The van der Waals surface area contributed by atoms with E-state index in [-0.39, 0.29) is 6.10 Å². The van der Waals surface area contributed by atoms with Crippen LogP contribution in [-0.2, 0) is 14.9 Å². The molecule has 1 aliphatic rings. The molecule has 1 fully saturated rings. The Hall–Kier alpha value is -0.210. The SMILES string of the molecule is CCNCCCN(C)S(=O)(=O)N1CCC(C)C(OC)C1. The minimum absolute atomic E-state index is 0.00585. The Morgan fingerprint density at radius 1 is 1.45 bits per heavy atom. The lowest BCUT2D eigenvalue weighted by Gasteiger charge is -2.37. The maximum atomic E-state index is 12.5. The van der Waals surface area contributed by atoms with Crippen LogP contribution in [-0.4, -0.2) is 70.0 Å². The first-order chi connectivity index (χ1) is 9.43. The van der Waals surface area contributed by atoms with E-state index in [9.17, 15) is 8.42 Å². The lowest BCUT2D eigenvalue weighted by atomic mass is 9.97. The first kappa shape index (κ1) is 17.8. The minimum atomic E-state index is -3.36. The van der Waals surface area contributed by atoms with Gasteiger partial charge in [0.15, 0.2) is 0 Å². The summed E-state index contributed by atoms with van der Waals surface area (Å²) >= 11 is 0. The largest absolute Gasteiger partial charge is 0.380 e. The van der Waals surface area contributed by atoms with Crippen LogP contribution in [0.4, 0.5) is 0 Å². The Morgan fingerprint density at radius 3 is 2.75 bits per heavy atom. The van der Waals surface area contributed by atoms with E-state index in [2.05, 4.69) is 12.2 Å². The van der Waals surface area contributed by atoms with Gasteiger partial charge in [0.2, 0.25) is 0 Å². The van der Waals surface area contributed by atoms with Crippen LogP contribution in [0.5, 0.6) is 0 Å². The molecule has 0 radical (unpaired) electrons. The first-order valence-electron chi connectivity index (χ1n) is 7.38. The number of hydrogen-bond donors (Lipinski definition) is 1. The maximum absolute atomic E-state index is 12.5. The highest BCUT2D eigenvalue weighted by Gasteiger charge is 2.34. The summed E-state index contributed by atoms with van der Waals surface area (Å²) in [6, 6.07) is 0. The second-order valence-corrected chi connectivity index (χ2v) is 7.47. The molecule has 1 N–H and O–H groups in total. The molecule has 0 aliphatic carbocycles. The second-order valence-electron chi connectivity index (χ2n) is 5.43. The summed E-state index contributed by atoms with van der Waals surface area (Å²) in [5.74, 6) is 0.408. The summed E-state index contributed by atoms with van der Waals surface area (Å²) in [5, 5.41) is 3.20. The van der Waals surface area contributed by atoms with Crippen molar-refractivity contribution in [3.05, 3.63) is 0 Å². The van der Waals surface area contributed by atoms with Crippen molar-refractivity contribution < 1.29 is 13.2 Å². The third-order valence-corrected chi connectivity index (χ3v) is 5.91. The Kier molecular flexibility index (Phi) is 7.39. The van der Waals surface area contributed by atoms with Crippen molar-refractivity contribution in [3.8, 4) is 0 Å². The molecule has 20 heavy (non-hydrogen) atoms. The Bertz CT molecular complexity index is 375. The quantitative estimate of drug-likeness (QED) is 0.664. The fraction of sp³-hybridized carbons (Fsp3) is 1.00. The average molecular weight is 307 g/mol. The van der Waals surface area contributed by atoms with Crippen LogP contribution in [0.3, 0.4) is 0 Å². The van der Waals surface area contributed by atoms with Gasteiger partial charge in [0.25, 0.3) is 10.2 Å². The van der Waals surface area contributed by atoms with Gasteiger partial charge in [-0.2, -0.15) is 17.0 Å². The normalized spacial score (nSPS) is 25.2. The smallest absolute Gasteiger partial charge is 0.281 e. The molecule has 0 bridgehead atoms. The van der Waals surface area contributed by atoms with Gasteiger partial charge >= 0.3 is 0 Å². The van der Waals surface area contributed by atoms with Crippen molar-refractivity contribution in [3.63, 3.8) is 0 Å². The molecule has 7 heteroatoms. The van der Waals surface area contributed by atoms with E-state index in [1.807, 2.05) is 6.92 Å². The van der Waals surface area contributed by atoms with Gasteiger partial charge in [-0.3, -0.25) is 0 Å². The molecule has 0 spiro atoms. The Morgan fingerprint density at radius 2 is 2.15 bits per heavy atom. The summed E-state index contributed by atoms with van der Waals surface area (Å²) in [6.07, 6.45) is 1.67. The van der Waals surface area contributed by atoms with Gasteiger partial charge in [0.05, 0.1) is 6.10 Å². The molecule has 0 aromatic rings. The van der Waals surface area contributed by atoms with Crippen molar-refractivity contribution >= 4 is 10.2 Å². The van der Waals surface area contributed by atoms with E-state index in [4.69, 9.17) is 4.74 Å². The van der Waals surface area contributed by atoms with Crippen LogP contribution in [0, 0.1) is 5.92 Å². The number of rotatable bonds is 8. The molecule has 1 saturated heterocycles. The van der Waals surface area contributed by atoms with Gasteiger partial charge in [-0.25, -0.2) is 0 Å². The molecule has 0 amide bonds. The zero-order valence-electron chi connectivity index (χ0n) is 13.1. The number of piperidine rings is 1. The van der Waals surface area contributed by atoms with Crippen molar-refractivity contribution in [2.24, 2.45) is 5.92 Å². The van der Waals surface area contributed by atoms with Crippen LogP contribution in [0.15, 0.2) is 0 Å². The maximum Gasteiger partial charge on any atom is 0.281 e. The molecule has 1 aliphatic heterocycles. The van der Waals surface area contributed by atoms with Crippen molar-refractivity contribution in [1.82, 2.24) is 13.9 Å². The number of methoxy groups -OCH3 is 1. The number of nitrogens with zero attached hydrogens (tertiary/aromatic N) is 2. The zero-order chi connectivity index (χ0) is 15.2. The van der Waals surface area contributed by atoms with E-state index in [0.717, 1.165) is 25.9 Å². The van der Waals surface area contributed by atoms with E-state index >= 15 is 0 Å². The molecule has 1 heterocycles. The average Bonchev–Trinajstić information content (AvgIpc) is 2.43. The lowest BCUT2D eigenvalue weighted by Crippen LogP contribution is -2.51. The van der Waals surface area contributed by atoms with Gasteiger partial charge in [0, 0.05) is 33.8 Å². The van der Waals surface area contributed by atoms with Crippen LogP contribution in [0.2, 0.25) is 0 Å². The minimum Gasteiger partial charge on any atom is -0.380 e. The molecule has 2 unspecified atom stereocenters. The third-order valence-electron chi connectivity index (χ3n) is 3.95. The highest BCUT2D eigenvalue weighted by molar-refractivity contribution is 7.86. The summed E-state index contributed by atoms with van der Waals surface area (Å²) in [4.78, 5) is 0. The van der Waals surface area contributed by atoms with E-state index in [1.165, 1.54) is 4.31 Å². The van der Waals surface area contributed by atoms with E-state index in [0.29, 0.717) is 25.6 Å².